The van der Waals surface area contributed by atoms with Crippen molar-refractivity contribution < 1.29 is 4.79 Å². The largest absolute Gasteiger partial charge is 0.316 e. The van der Waals surface area contributed by atoms with E-state index in [9.17, 15) is 4.79 Å². The molecule has 3 rings (SSSR count). The molecule has 0 N–H and O–H groups in total. The molecule has 1 fully saturated rings. The Balaban J connectivity index is 1.99. The number of aryl methyl sites for hydroxylation is 1. The monoisotopic (exact) mass is 355 g/mol. The third kappa shape index (κ3) is 2.95. The lowest BCUT2D eigenvalue weighted by Gasteiger charge is -2.10. The molecular formula is C18H17N3OS2. The quantitative estimate of drug-likeness (QED) is 0.474. The minimum Gasteiger partial charge on any atom is -0.316 e. The maximum atomic E-state index is 12.5. The molecule has 0 aliphatic carbocycles. The van der Waals surface area contributed by atoms with Gasteiger partial charge >= 0.3 is 0 Å². The summed E-state index contributed by atoms with van der Waals surface area (Å²) in [7, 11) is 0. The maximum absolute atomic E-state index is 12.5. The average Bonchev–Trinajstić information content (AvgIpc) is 2.99. The molecule has 1 aliphatic rings. The molecule has 122 valence electrons. The summed E-state index contributed by atoms with van der Waals surface area (Å²) in [6, 6.07) is 6.00. The predicted octanol–water partition coefficient (Wildman–Crippen LogP) is 3.88. The first-order valence-electron chi connectivity index (χ1n) is 7.48. The van der Waals surface area contributed by atoms with Crippen LogP contribution in [0.3, 0.4) is 0 Å². The number of hydrogen-bond donors (Lipinski definition) is 0. The van der Waals surface area contributed by atoms with E-state index in [0.717, 1.165) is 22.6 Å². The number of nitrogens with zero attached hydrogens (tertiary/aromatic N) is 3. The molecule has 24 heavy (non-hydrogen) atoms. The van der Waals surface area contributed by atoms with Crippen molar-refractivity contribution in [3.8, 4) is 5.69 Å². The molecule has 1 aliphatic heterocycles. The van der Waals surface area contributed by atoms with Crippen LogP contribution in [0, 0.1) is 13.8 Å². The van der Waals surface area contributed by atoms with E-state index in [1.54, 1.807) is 17.2 Å². The zero-order valence-electron chi connectivity index (χ0n) is 13.5. The Bertz CT molecular complexity index is 853. The summed E-state index contributed by atoms with van der Waals surface area (Å²) in [5, 5.41) is 0. The first-order chi connectivity index (χ1) is 11.5. The number of hydrogen-bond acceptors (Lipinski definition) is 4. The van der Waals surface area contributed by atoms with Crippen LogP contribution in [0.2, 0.25) is 0 Å². The number of carbonyl (C=O) groups is 1. The molecular weight excluding hydrogens is 338 g/mol. The van der Waals surface area contributed by atoms with Gasteiger partial charge in [0.2, 0.25) is 0 Å². The second-order valence-electron chi connectivity index (χ2n) is 5.45. The Labute approximate surface area is 150 Å². The van der Waals surface area contributed by atoms with Crippen LogP contribution in [0.1, 0.15) is 17.0 Å². The third-order valence-corrected chi connectivity index (χ3v) is 5.22. The second-order valence-corrected chi connectivity index (χ2v) is 7.13. The molecule has 0 atom stereocenters. The molecule has 3 heterocycles. The average molecular weight is 355 g/mol. The number of rotatable bonds is 4. The summed E-state index contributed by atoms with van der Waals surface area (Å²) in [4.78, 5) is 18.9. The fraction of sp³-hybridized carbons (Fsp3) is 0.167. The molecule has 2 aromatic rings. The lowest BCUT2D eigenvalue weighted by molar-refractivity contribution is -0.121. The fourth-order valence-electron chi connectivity index (χ4n) is 2.74. The number of amides is 1. The van der Waals surface area contributed by atoms with Gasteiger partial charge in [-0.15, -0.1) is 6.58 Å². The summed E-state index contributed by atoms with van der Waals surface area (Å²) in [5.74, 6) is -0.0592. The van der Waals surface area contributed by atoms with Gasteiger partial charge in [-0.1, -0.05) is 30.1 Å². The van der Waals surface area contributed by atoms with Gasteiger partial charge in [-0.3, -0.25) is 14.7 Å². The minimum absolute atomic E-state index is 0.0592. The van der Waals surface area contributed by atoms with Crippen LogP contribution < -0.4 is 0 Å². The van der Waals surface area contributed by atoms with Gasteiger partial charge in [0.05, 0.1) is 16.8 Å². The van der Waals surface area contributed by atoms with E-state index in [0.29, 0.717) is 15.8 Å². The van der Waals surface area contributed by atoms with E-state index in [1.165, 1.54) is 11.8 Å². The van der Waals surface area contributed by atoms with Crippen LogP contribution in [0.4, 0.5) is 0 Å². The zero-order valence-corrected chi connectivity index (χ0v) is 15.2. The Morgan fingerprint density at radius 2 is 2.21 bits per heavy atom. The first kappa shape index (κ1) is 16.7. The van der Waals surface area contributed by atoms with Gasteiger partial charge in [-0.25, -0.2) is 0 Å². The minimum atomic E-state index is -0.0592. The normalized spacial score (nSPS) is 16.2. The highest BCUT2D eigenvalue weighted by Crippen LogP contribution is 2.33. The smallest absolute Gasteiger partial charge is 0.266 e. The number of aromatic nitrogens is 2. The van der Waals surface area contributed by atoms with E-state index in [4.69, 9.17) is 12.2 Å². The summed E-state index contributed by atoms with van der Waals surface area (Å²) in [6.45, 7) is 8.19. The summed E-state index contributed by atoms with van der Waals surface area (Å²) < 4.78 is 2.70. The zero-order chi connectivity index (χ0) is 17.3. The third-order valence-electron chi connectivity index (χ3n) is 3.85. The predicted molar refractivity (Wildman–Crippen MR) is 103 cm³/mol. The Morgan fingerprint density at radius 1 is 1.42 bits per heavy atom. The molecule has 0 bridgehead atoms. The van der Waals surface area contributed by atoms with Crippen LogP contribution in [0.15, 0.2) is 48.2 Å². The standard InChI is InChI=1S/C18H17N3OS2/c1-4-8-20-17(22)16(24-18(20)23)10-14-9-12(2)21(13(14)3)15-6-5-7-19-11-15/h4-7,9-11H,1,8H2,2-3H3/b16-10+. The van der Waals surface area contributed by atoms with E-state index in [1.807, 2.05) is 38.3 Å². The number of thiocarbonyl (C=S) groups is 1. The molecule has 0 aromatic carbocycles. The molecule has 0 spiro atoms. The van der Waals surface area contributed by atoms with Gasteiger partial charge in [0.25, 0.3) is 5.91 Å². The number of pyridine rings is 1. The van der Waals surface area contributed by atoms with Crippen LogP contribution in [-0.4, -0.2) is 31.2 Å². The molecule has 2 aromatic heterocycles. The Hall–Kier alpha value is -2.18. The fourth-order valence-corrected chi connectivity index (χ4v) is 4.01. The van der Waals surface area contributed by atoms with Crippen molar-refractivity contribution in [1.29, 1.82) is 0 Å². The topological polar surface area (TPSA) is 38.1 Å². The van der Waals surface area contributed by atoms with Crippen LogP contribution in [0.25, 0.3) is 11.8 Å². The van der Waals surface area contributed by atoms with Gasteiger partial charge in [0.15, 0.2) is 0 Å². The van der Waals surface area contributed by atoms with Gasteiger partial charge in [-0.05, 0) is 43.7 Å². The van der Waals surface area contributed by atoms with Gasteiger partial charge in [0, 0.05) is 24.1 Å². The van der Waals surface area contributed by atoms with Crippen molar-refractivity contribution in [1.82, 2.24) is 14.5 Å². The van der Waals surface area contributed by atoms with Gasteiger partial charge in [0.1, 0.15) is 4.32 Å². The Kier molecular flexibility index (Phi) is 4.69. The van der Waals surface area contributed by atoms with Crippen molar-refractivity contribution in [2.24, 2.45) is 0 Å². The van der Waals surface area contributed by atoms with Crippen molar-refractivity contribution in [2.45, 2.75) is 13.8 Å². The highest BCUT2D eigenvalue weighted by atomic mass is 32.2. The lowest BCUT2D eigenvalue weighted by Crippen LogP contribution is -2.27. The van der Waals surface area contributed by atoms with E-state index < -0.39 is 0 Å². The molecule has 1 amide bonds. The summed E-state index contributed by atoms with van der Waals surface area (Å²) in [6.07, 6.45) is 7.18. The van der Waals surface area contributed by atoms with Crippen molar-refractivity contribution in [3.05, 3.63) is 65.1 Å². The van der Waals surface area contributed by atoms with Crippen molar-refractivity contribution in [3.63, 3.8) is 0 Å². The molecule has 0 saturated carbocycles. The van der Waals surface area contributed by atoms with Crippen molar-refractivity contribution in [2.75, 3.05) is 6.54 Å². The number of carbonyl (C=O) groups excluding carboxylic acids is 1. The van der Waals surface area contributed by atoms with Crippen LogP contribution in [-0.2, 0) is 4.79 Å². The SMILES string of the molecule is C=CCN1C(=O)/C(=C\c2cc(C)n(-c3cccnc3)c2C)SC1=S. The number of thioether (sulfide) groups is 1. The summed E-state index contributed by atoms with van der Waals surface area (Å²) in [5.41, 5.74) is 4.17. The van der Waals surface area contributed by atoms with Crippen molar-refractivity contribution >= 4 is 40.3 Å². The van der Waals surface area contributed by atoms with Gasteiger partial charge < -0.3 is 4.57 Å². The highest BCUT2D eigenvalue weighted by Gasteiger charge is 2.31. The Morgan fingerprint density at radius 3 is 2.88 bits per heavy atom. The van der Waals surface area contributed by atoms with Crippen LogP contribution >= 0.6 is 24.0 Å². The highest BCUT2D eigenvalue weighted by molar-refractivity contribution is 8.26. The van der Waals surface area contributed by atoms with E-state index in [-0.39, 0.29) is 5.91 Å². The lowest BCUT2D eigenvalue weighted by atomic mass is 10.2. The molecule has 1 saturated heterocycles. The molecule has 0 radical (unpaired) electrons. The maximum Gasteiger partial charge on any atom is 0.266 e. The van der Waals surface area contributed by atoms with Crippen LogP contribution in [0.5, 0.6) is 0 Å². The van der Waals surface area contributed by atoms with E-state index >= 15 is 0 Å². The van der Waals surface area contributed by atoms with Gasteiger partial charge in [-0.2, -0.15) is 0 Å². The molecule has 0 unspecified atom stereocenters. The molecule has 4 nitrogen and oxygen atoms in total. The summed E-state index contributed by atoms with van der Waals surface area (Å²) >= 11 is 6.62. The second kappa shape index (κ2) is 6.75. The first-order valence-corrected chi connectivity index (χ1v) is 8.71. The van der Waals surface area contributed by atoms with E-state index in [2.05, 4.69) is 22.2 Å². The molecule has 6 heteroatoms.